The second kappa shape index (κ2) is 11.5. The SMILES string of the molecule is CCC(CC)C1CCN(C(=NC)NCc2cc(OC)c(O)c(OC)c2)C1.I. The fourth-order valence-corrected chi connectivity index (χ4v) is 3.88. The summed E-state index contributed by atoms with van der Waals surface area (Å²) in [4.78, 5) is 6.80. The molecule has 27 heavy (non-hydrogen) atoms. The average Bonchev–Trinajstić information content (AvgIpc) is 3.14. The first-order valence-corrected chi connectivity index (χ1v) is 9.47. The van der Waals surface area contributed by atoms with Crippen molar-refractivity contribution in [2.45, 2.75) is 39.7 Å². The Kier molecular flexibility index (Phi) is 10.0. The van der Waals surface area contributed by atoms with Crippen molar-refractivity contribution < 1.29 is 14.6 Å². The van der Waals surface area contributed by atoms with Crippen molar-refractivity contribution in [2.24, 2.45) is 16.8 Å². The zero-order valence-corrected chi connectivity index (χ0v) is 19.4. The van der Waals surface area contributed by atoms with Crippen LogP contribution in [0.5, 0.6) is 17.2 Å². The number of ether oxygens (including phenoxy) is 2. The molecular formula is C20H34IN3O3. The lowest BCUT2D eigenvalue weighted by molar-refractivity contribution is 0.319. The first-order chi connectivity index (χ1) is 12.6. The second-order valence-corrected chi connectivity index (χ2v) is 6.82. The van der Waals surface area contributed by atoms with Gasteiger partial charge in [0.15, 0.2) is 17.5 Å². The normalized spacial score (nSPS) is 17.0. The Morgan fingerprint density at radius 3 is 2.33 bits per heavy atom. The van der Waals surface area contributed by atoms with Crippen LogP contribution in [-0.2, 0) is 6.54 Å². The van der Waals surface area contributed by atoms with Gasteiger partial charge in [-0.25, -0.2) is 0 Å². The van der Waals surface area contributed by atoms with Gasteiger partial charge in [-0.1, -0.05) is 26.7 Å². The van der Waals surface area contributed by atoms with E-state index in [-0.39, 0.29) is 29.7 Å². The minimum absolute atomic E-state index is 0. The van der Waals surface area contributed by atoms with E-state index in [1.807, 2.05) is 19.2 Å². The van der Waals surface area contributed by atoms with Crippen molar-refractivity contribution in [1.82, 2.24) is 10.2 Å². The number of phenolic OH excluding ortho intramolecular Hbond substituents is 1. The van der Waals surface area contributed by atoms with Crippen LogP contribution in [-0.4, -0.2) is 50.3 Å². The Labute approximate surface area is 180 Å². The third-order valence-corrected chi connectivity index (χ3v) is 5.44. The highest BCUT2D eigenvalue weighted by atomic mass is 127. The number of aliphatic imine (C=N–C) groups is 1. The van der Waals surface area contributed by atoms with Crippen molar-refractivity contribution in [3.05, 3.63) is 17.7 Å². The first kappa shape index (κ1) is 23.7. The van der Waals surface area contributed by atoms with E-state index < -0.39 is 0 Å². The molecule has 0 amide bonds. The Morgan fingerprint density at radius 2 is 1.85 bits per heavy atom. The molecule has 1 aromatic rings. The van der Waals surface area contributed by atoms with Gasteiger partial charge in [0.25, 0.3) is 0 Å². The van der Waals surface area contributed by atoms with Crippen molar-refractivity contribution in [3.8, 4) is 17.2 Å². The number of methoxy groups -OCH3 is 2. The van der Waals surface area contributed by atoms with Crippen LogP contribution in [0.4, 0.5) is 0 Å². The number of aromatic hydroxyl groups is 1. The van der Waals surface area contributed by atoms with Gasteiger partial charge < -0.3 is 24.8 Å². The Bertz CT molecular complexity index is 595. The zero-order chi connectivity index (χ0) is 19.1. The predicted octanol–water partition coefficient (Wildman–Crippen LogP) is 3.86. The van der Waals surface area contributed by atoms with E-state index >= 15 is 0 Å². The van der Waals surface area contributed by atoms with Crippen molar-refractivity contribution in [3.63, 3.8) is 0 Å². The van der Waals surface area contributed by atoms with Crippen LogP contribution in [0.2, 0.25) is 0 Å². The van der Waals surface area contributed by atoms with Crippen molar-refractivity contribution in [1.29, 1.82) is 0 Å². The molecule has 1 unspecified atom stereocenters. The van der Waals surface area contributed by atoms with Gasteiger partial charge in [0, 0.05) is 26.7 Å². The molecule has 1 fully saturated rings. The molecule has 7 heteroatoms. The molecule has 2 N–H and O–H groups in total. The lowest BCUT2D eigenvalue weighted by Gasteiger charge is -2.24. The molecule has 1 aromatic carbocycles. The summed E-state index contributed by atoms with van der Waals surface area (Å²) in [6.45, 7) is 7.27. The zero-order valence-electron chi connectivity index (χ0n) is 17.1. The Morgan fingerprint density at radius 1 is 1.26 bits per heavy atom. The van der Waals surface area contributed by atoms with Crippen molar-refractivity contribution >= 4 is 29.9 Å². The molecule has 1 aliphatic heterocycles. The van der Waals surface area contributed by atoms with Crippen molar-refractivity contribution in [2.75, 3.05) is 34.4 Å². The second-order valence-electron chi connectivity index (χ2n) is 6.82. The number of nitrogens with one attached hydrogen (secondary N) is 1. The van der Waals surface area contributed by atoms with Gasteiger partial charge in [0.1, 0.15) is 0 Å². The number of rotatable bonds is 7. The van der Waals surface area contributed by atoms with E-state index in [1.165, 1.54) is 33.5 Å². The van der Waals surface area contributed by atoms with E-state index in [1.54, 1.807) is 0 Å². The molecule has 0 aliphatic carbocycles. The monoisotopic (exact) mass is 491 g/mol. The van der Waals surface area contributed by atoms with Crippen LogP contribution in [0.25, 0.3) is 0 Å². The number of halogens is 1. The highest BCUT2D eigenvalue weighted by Crippen LogP contribution is 2.37. The standard InChI is InChI=1S/C20H33N3O3.HI/c1-6-15(7-2)16-8-9-23(13-16)20(21-3)22-12-14-10-17(25-4)19(24)18(11-14)26-5;/h10-11,15-16,24H,6-9,12-13H2,1-5H3,(H,21,22);1H. The molecule has 154 valence electrons. The molecule has 6 nitrogen and oxygen atoms in total. The maximum Gasteiger partial charge on any atom is 0.200 e. The summed E-state index contributed by atoms with van der Waals surface area (Å²) in [6.07, 6.45) is 3.72. The summed E-state index contributed by atoms with van der Waals surface area (Å²) in [5.74, 6) is 3.30. The van der Waals surface area contributed by atoms with E-state index in [9.17, 15) is 5.11 Å². The molecule has 0 bridgehead atoms. The molecule has 0 saturated carbocycles. The number of likely N-dealkylation sites (tertiary alicyclic amines) is 1. The summed E-state index contributed by atoms with van der Waals surface area (Å²) in [5.41, 5.74) is 0.966. The van der Waals surface area contributed by atoms with Gasteiger partial charge in [-0.2, -0.15) is 0 Å². The molecule has 1 atom stereocenters. The van der Waals surface area contributed by atoms with Gasteiger partial charge in [-0.3, -0.25) is 4.99 Å². The molecule has 0 spiro atoms. The van der Waals surface area contributed by atoms with Crippen LogP contribution in [0, 0.1) is 11.8 Å². The Balaban J connectivity index is 0.00000364. The van der Waals surface area contributed by atoms with Gasteiger partial charge >= 0.3 is 0 Å². The molecule has 1 aliphatic rings. The quantitative estimate of drug-likeness (QED) is 0.345. The average molecular weight is 491 g/mol. The summed E-state index contributed by atoms with van der Waals surface area (Å²) in [5, 5.41) is 13.5. The molecule has 0 aromatic heterocycles. The Hall–Kier alpha value is -1.38. The third-order valence-electron chi connectivity index (χ3n) is 5.44. The van der Waals surface area contributed by atoms with Crippen LogP contribution >= 0.6 is 24.0 Å². The maximum atomic E-state index is 10.0. The smallest absolute Gasteiger partial charge is 0.200 e. The number of phenols is 1. The molecule has 1 saturated heterocycles. The summed E-state index contributed by atoms with van der Waals surface area (Å²) in [6, 6.07) is 3.63. The fourth-order valence-electron chi connectivity index (χ4n) is 3.88. The van der Waals surface area contributed by atoms with E-state index in [0.29, 0.717) is 18.0 Å². The van der Waals surface area contributed by atoms with Crippen LogP contribution in [0.3, 0.4) is 0 Å². The maximum absolute atomic E-state index is 10.0. The molecule has 0 radical (unpaired) electrons. The lowest BCUT2D eigenvalue weighted by Crippen LogP contribution is -2.40. The number of benzene rings is 1. The third kappa shape index (κ3) is 5.80. The highest BCUT2D eigenvalue weighted by molar-refractivity contribution is 14.0. The minimum Gasteiger partial charge on any atom is -0.502 e. The summed E-state index contributed by atoms with van der Waals surface area (Å²) in [7, 11) is 4.89. The highest BCUT2D eigenvalue weighted by Gasteiger charge is 2.29. The van der Waals surface area contributed by atoms with E-state index in [0.717, 1.165) is 36.4 Å². The van der Waals surface area contributed by atoms with Gasteiger partial charge in [0.2, 0.25) is 5.75 Å². The van der Waals surface area contributed by atoms with Gasteiger partial charge in [-0.05, 0) is 36.0 Å². The molecular weight excluding hydrogens is 457 g/mol. The molecule has 1 heterocycles. The first-order valence-electron chi connectivity index (χ1n) is 9.47. The van der Waals surface area contributed by atoms with Crippen LogP contribution in [0.15, 0.2) is 17.1 Å². The van der Waals surface area contributed by atoms with Gasteiger partial charge in [-0.15, -0.1) is 24.0 Å². The van der Waals surface area contributed by atoms with Crippen LogP contribution in [0.1, 0.15) is 38.7 Å². The largest absolute Gasteiger partial charge is 0.502 e. The predicted molar refractivity (Wildman–Crippen MR) is 121 cm³/mol. The van der Waals surface area contributed by atoms with E-state index in [4.69, 9.17) is 9.47 Å². The number of guanidine groups is 1. The number of hydrogen-bond donors (Lipinski definition) is 2. The topological polar surface area (TPSA) is 66.3 Å². The number of nitrogens with zero attached hydrogens (tertiary/aromatic N) is 2. The van der Waals surface area contributed by atoms with Crippen LogP contribution < -0.4 is 14.8 Å². The molecule has 2 rings (SSSR count). The summed E-state index contributed by atoms with van der Waals surface area (Å²) < 4.78 is 10.5. The van der Waals surface area contributed by atoms with E-state index in [2.05, 4.69) is 29.1 Å². The summed E-state index contributed by atoms with van der Waals surface area (Å²) >= 11 is 0. The van der Waals surface area contributed by atoms with Gasteiger partial charge in [0.05, 0.1) is 14.2 Å². The lowest BCUT2D eigenvalue weighted by atomic mass is 9.87. The minimum atomic E-state index is 0. The number of hydrogen-bond acceptors (Lipinski definition) is 4. The fraction of sp³-hybridized carbons (Fsp3) is 0.650.